The van der Waals surface area contributed by atoms with Gasteiger partial charge in [-0.3, -0.25) is 57.5 Å². The van der Waals surface area contributed by atoms with Gasteiger partial charge in [-0.2, -0.15) is 12.6 Å². The number of amides is 9. The fourth-order valence-corrected chi connectivity index (χ4v) is 9.09. The van der Waals surface area contributed by atoms with Gasteiger partial charge in [-0.1, -0.05) is 53.7 Å². The predicted octanol–water partition coefficient (Wildman–Crippen LogP) is -2.33. The third-order valence-corrected chi connectivity index (χ3v) is 13.7. The van der Waals surface area contributed by atoms with Crippen LogP contribution in [0.5, 0.6) is 5.75 Å². The summed E-state index contributed by atoms with van der Waals surface area (Å²) in [5.41, 5.74) is 6.53. The van der Waals surface area contributed by atoms with Gasteiger partial charge < -0.3 is 83.7 Å². The molecule has 30 nitrogen and oxygen atoms in total. The van der Waals surface area contributed by atoms with Crippen molar-refractivity contribution in [2.75, 3.05) is 12.3 Å². The van der Waals surface area contributed by atoms with Crippen LogP contribution in [-0.2, 0) is 75.2 Å². The van der Waals surface area contributed by atoms with Crippen LogP contribution < -0.4 is 48.3 Å². The van der Waals surface area contributed by atoms with Crippen LogP contribution in [0.3, 0.4) is 0 Å². The topological polar surface area (TPSA) is 477 Å². The molecular formula is C53H78N12O18S. The van der Waals surface area contributed by atoms with E-state index in [0.29, 0.717) is 5.56 Å². The lowest BCUT2D eigenvalue weighted by Gasteiger charge is -2.31. The van der Waals surface area contributed by atoms with E-state index < -0.39 is 187 Å². The molecule has 1 aliphatic heterocycles. The number of carboxylic acid groups (broad SMARTS) is 4. The highest BCUT2D eigenvalue weighted by atomic mass is 32.1. The first kappa shape index (κ1) is 69.9. The molecule has 2 heterocycles. The molecule has 9 amide bonds. The first-order valence-electron chi connectivity index (χ1n) is 27.2. The van der Waals surface area contributed by atoms with Crippen LogP contribution in [0.25, 0.3) is 0 Å². The molecule has 2 aromatic rings. The number of imidazole rings is 1. The highest BCUT2D eigenvalue weighted by Gasteiger charge is 2.41. The summed E-state index contributed by atoms with van der Waals surface area (Å²) in [6, 6.07) is -9.18. The molecule has 31 heteroatoms. The second kappa shape index (κ2) is 33.7. The van der Waals surface area contributed by atoms with Crippen molar-refractivity contribution in [2.24, 2.45) is 23.5 Å². The van der Waals surface area contributed by atoms with E-state index >= 15 is 0 Å². The Kier molecular flexibility index (Phi) is 28.0. The summed E-state index contributed by atoms with van der Waals surface area (Å²) in [5, 5.41) is 67.6. The van der Waals surface area contributed by atoms with E-state index in [1.807, 2.05) is 0 Å². The fourth-order valence-electron chi connectivity index (χ4n) is 8.83. The zero-order valence-corrected chi connectivity index (χ0v) is 48.3. The Hall–Kier alpha value is -8.35. The lowest BCUT2D eigenvalue weighted by Crippen LogP contribution is -2.62. The van der Waals surface area contributed by atoms with E-state index in [4.69, 9.17) is 5.73 Å². The Morgan fingerprint density at radius 3 is 1.60 bits per heavy atom. The van der Waals surface area contributed by atoms with Gasteiger partial charge in [0.15, 0.2) is 0 Å². The number of aromatic nitrogens is 2. The maximum atomic E-state index is 14.3. The molecule has 0 radical (unpaired) electrons. The molecule has 1 saturated heterocycles. The Labute approximate surface area is 489 Å². The van der Waals surface area contributed by atoms with Gasteiger partial charge >= 0.3 is 23.9 Å². The first-order chi connectivity index (χ1) is 39.4. The van der Waals surface area contributed by atoms with Crippen LogP contribution in [0, 0.1) is 17.8 Å². The summed E-state index contributed by atoms with van der Waals surface area (Å²) >= 11 is 4.21. The van der Waals surface area contributed by atoms with Crippen molar-refractivity contribution in [1.82, 2.24) is 57.4 Å². The summed E-state index contributed by atoms with van der Waals surface area (Å²) in [6.45, 7) is 9.66. The number of benzene rings is 1. The Balaban J connectivity index is 1.86. The number of H-pyrrole nitrogens is 1. The number of aromatic amines is 1. The van der Waals surface area contributed by atoms with Crippen molar-refractivity contribution in [2.45, 2.75) is 166 Å². The number of phenols is 1. The molecule has 464 valence electrons. The zero-order chi connectivity index (χ0) is 63.1. The van der Waals surface area contributed by atoms with Crippen molar-refractivity contribution >= 4 is 89.7 Å². The number of phenolic OH excluding ortho intramolecular Hbond substituents is 1. The SMILES string of the molecule is CC(C)C[C@H](NC(=O)[C@@H](NC(=O)[C@H](CCC(=O)O)NC(=O)[C@H](CS)NC(=O)[C@@H](NC(=O)[C@H](Cc1cnc[nH]1)NC(=O)[C@H](CCC(=O)O)NC(=O)[C@@H]1CCCN1C(=O)[C@H](Cc1ccc(O)cc1)NC(=O)[C@@H](N)CC(=O)O)C(C)C)C(C)C)C(=O)O. The van der Waals surface area contributed by atoms with Crippen LogP contribution in [0.2, 0.25) is 0 Å². The first-order valence-corrected chi connectivity index (χ1v) is 27.8. The molecule has 0 saturated carbocycles. The molecule has 1 aromatic carbocycles. The Morgan fingerprint density at radius 1 is 0.619 bits per heavy atom. The third kappa shape index (κ3) is 22.8. The number of carbonyl (C=O) groups is 13. The van der Waals surface area contributed by atoms with Gasteiger partial charge in [0.1, 0.15) is 60.1 Å². The van der Waals surface area contributed by atoms with E-state index in [1.54, 1.807) is 27.7 Å². The van der Waals surface area contributed by atoms with Crippen molar-refractivity contribution in [3.8, 4) is 5.75 Å². The number of hydrogen-bond donors (Lipinski definition) is 16. The summed E-state index contributed by atoms with van der Waals surface area (Å²) < 4.78 is 0. The summed E-state index contributed by atoms with van der Waals surface area (Å²) in [5.74, 6) is -16.0. The molecule has 0 unspecified atom stereocenters. The normalized spacial score (nSPS) is 16.3. The zero-order valence-electron chi connectivity index (χ0n) is 47.4. The number of aliphatic carboxylic acids is 4. The lowest BCUT2D eigenvalue weighted by molar-refractivity contribution is -0.143. The third-order valence-electron chi connectivity index (χ3n) is 13.4. The fraction of sp³-hybridized carbons (Fsp3) is 0.585. The number of thiol groups is 1. The predicted molar refractivity (Wildman–Crippen MR) is 299 cm³/mol. The number of carboxylic acids is 4. The molecule has 0 spiro atoms. The van der Waals surface area contributed by atoms with Crippen LogP contribution in [0.1, 0.15) is 104 Å². The second-order valence-corrected chi connectivity index (χ2v) is 21.8. The van der Waals surface area contributed by atoms with Gasteiger partial charge in [-0.25, -0.2) is 9.78 Å². The molecule has 16 N–H and O–H groups in total. The van der Waals surface area contributed by atoms with Gasteiger partial charge in [-0.15, -0.1) is 0 Å². The van der Waals surface area contributed by atoms with Crippen LogP contribution in [-0.4, -0.2) is 190 Å². The number of carbonyl (C=O) groups excluding carboxylic acids is 9. The van der Waals surface area contributed by atoms with E-state index in [2.05, 4.69) is 65.1 Å². The maximum Gasteiger partial charge on any atom is 0.326 e. The van der Waals surface area contributed by atoms with Gasteiger partial charge in [0.25, 0.3) is 0 Å². The van der Waals surface area contributed by atoms with Crippen molar-refractivity contribution in [1.29, 1.82) is 0 Å². The summed E-state index contributed by atoms with van der Waals surface area (Å²) in [4.78, 5) is 180. The molecule has 0 aliphatic carbocycles. The molecule has 84 heavy (non-hydrogen) atoms. The van der Waals surface area contributed by atoms with E-state index in [0.717, 1.165) is 4.90 Å². The van der Waals surface area contributed by atoms with E-state index in [1.165, 1.54) is 50.6 Å². The van der Waals surface area contributed by atoms with Gasteiger partial charge in [-0.05, 0) is 67.6 Å². The van der Waals surface area contributed by atoms with Gasteiger partial charge in [0, 0.05) is 49.9 Å². The number of nitrogens with one attached hydrogen (secondary N) is 9. The van der Waals surface area contributed by atoms with Crippen molar-refractivity contribution in [3.05, 3.63) is 48.0 Å². The van der Waals surface area contributed by atoms with Crippen molar-refractivity contribution < 1.29 is 87.9 Å². The molecule has 1 aromatic heterocycles. The standard InChI is InChI=1S/C53H78N12O18S/c1-25(2)18-36(53(82)83)61-50(79)42(26(3)4)63-46(75)33(14-16-40(69)70)57-48(77)37(23-84)62-51(80)43(27(5)6)64-47(76)34(20-29-22-55-24-56-29)59-45(74)32(13-15-39(67)68)58-49(78)38-8-7-17-65(38)52(81)35(19-28-9-11-30(66)12-10-28)60-44(73)31(54)21-41(71)72/h9-12,22,24-27,31-38,42-43,66,84H,7-8,13-21,23,54H2,1-6H3,(H,55,56)(H,57,77)(H,58,78)(H,59,74)(H,60,73)(H,61,79)(H,62,80)(H,63,75)(H,64,76)(H,67,68)(H,69,70)(H,71,72)(H,82,83)/t31-,32-,33-,34-,35-,36-,37-,38-,42-,43-/m0/s1. The smallest absolute Gasteiger partial charge is 0.326 e. The van der Waals surface area contributed by atoms with Crippen LogP contribution >= 0.6 is 12.6 Å². The van der Waals surface area contributed by atoms with Gasteiger partial charge in [0.05, 0.1) is 18.8 Å². The number of nitrogens with zero attached hydrogens (tertiary/aromatic N) is 2. The Morgan fingerprint density at radius 2 is 1.11 bits per heavy atom. The number of aromatic hydroxyl groups is 1. The van der Waals surface area contributed by atoms with Gasteiger partial charge in [0.2, 0.25) is 53.2 Å². The monoisotopic (exact) mass is 1200 g/mol. The number of nitrogens with two attached hydrogens (primary N) is 1. The summed E-state index contributed by atoms with van der Waals surface area (Å²) in [7, 11) is 0. The van der Waals surface area contributed by atoms with E-state index in [9.17, 15) is 87.9 Å². The quantitative estimate of drug-likeness (QED) is 0.0322. The minimum absolute atomic E-state index is 0.0228. The molecule has 1 aliphatic rings. The maximum absolute atomic E-state index is 14.3. The highest BCUT2D eigenvalue weighted by molar-refractivity contribution is 7.80. The largest absolute Gasteiger partial charge is 0.508 e. The second-order valence-electron chi connectivity index (χ2n) is 21.4. The number of rotatable bonds is 35. The lowest BCUT2D eigenvalue weighted by atomic mass is 9.99. The molecule has 1 fully saturated rings. The molecular weight excluding hydrogens is 1120 g/mol. The van der Waals surface area contributed by atoms with E-state index in [-0.39, 0.29) is 56.0 Å². The highest BCUT2D eigenvalue weighted by Crippen LogP contribution is 2.22. The average molecular weight is 1200 g/mol. The minimum Gasteiger partial charge on any atom is -0.508 e. The van der Waals surface area contributed by atoms with Crippen molar-refractivity contribution in [3.63, 3.8) is 0 Å². The van der Waals surface area contributed by atoms with Crippen LogP contribution in [0.15, 0.2) is 36.8 Å². The number of hydrogen-bond acceptors (Lipinski definition) is 17. The average Bonchev–Trinajstić information content (AvgIpc) is 3.66. The number of likely N-dealkylation sites (tertiary alicyclic amines) is 1. The summed E-state index contributed by atoms with van der Waals surface area (Å²) in [6.07, 6.45) is -0.666. The minimum atomic E-state index is -1.67. The Bertz CT molecular complexity index is 2660. The molecule has 0 bridgehead atoms. The molecule has 10 atom stereocenters. The van der Waals surface area contributed by atoms with Crippen LogP contribution in [0.4, 0.5) is 0 Å². The molecule has 3 rings (SSSR count).